The van der Waals surface area contributed by atoms with Gasteiger partial charge in [-0.25, -0.2) is 10.1 Å². The van der Waals surface area contributed by atoms with Gasteiger partial charge in [0.15, 0.2) is 5.69 Å². The molecule has 4 rings (SSSR count). The molecule has 1 amide bonds. The molecule has 31 heavy (non-hydrogen) atoms. The van der Waals surface area contributed by atoms with Crippen LogP contribution in [0.2, 0.25) is 0 Å². The van der Waals surface area contributed by atoms with E-state index in [2.05, 4.69) is 15.6 Å². The maximum absolute atomic E-state index is 12.9. The van der Waals surface area contributed by atoms with Crippen LogP contribution in [0.4, 0.5) is 0 Å². The van der Waals surface area contributed by atoms with Crippen molar-refractivity contribution in [3.05, 3.63) is 106 Å². The lowest BCUT2D eigenvalue weighted by Crippen LogP contribution is -2.29. The molecule has 3 aromatic carbocycles. The third-order valence-corrected chi connectivity index (χ3v) is 5.50. The number of hydrogen-bond donors (Lipinski definition) is 1. The molecule has 0 aliphatic carbocycles. The predicted molar refractivity (Wildman–Crippen MR) is 125 cm³/mol. The summed E-state index contributed by atoms with van der Waals surface area (Å²) < 4.78 is 1.32. The highest BCUT2D eigenvalue weighted by molar-refractivity contribution is 7.98. The maximum Gasteiger partial charge on any atom is 0.292 e. The van der Waals surface area contributed by atoms with Crippen LogP contribution in [0.3, 0.4) is 0 Å². The van der Waals surface area contributed by atoms with Gasteiger partial charge in [0.05, 0.1) is 18.1 Å². The summed E-state index contributed by atoms with van der Waals surface area (Å²) in [7, 11) is 0. The lowest BCUT2D eigenvalue weighted by atomic mass is 10.1. The van der Waals surface area contributed by atoms with Crippen molar-refractivity contribution in [1.82, 2.24) is 15.2 Å². The Bertz CT molecular complexity index is 1300. The minimum absolute atomic E-state index is 0.154. The largest absolute Gasteiger partial charge is 0.292 e. The second kappa shape index (κ2) is 9.40. The number of fused-ring (bicyclic) bond motifs is 1. The summed E-state index contributed by atoms with van der Waals surface area (Å²) in [5.41, 5.74) is 4.23. The Morgan fingerprint density at radius 1 is 1.00 bits per heavy atom. The number of nitrogens with one attached hydrogen (secondary N) is 1. The molecule has 0 aliphatic heterocycles. The van der Waals surface area contributed by atoms with Gasteiger partial charge in [0.1, 0.15) is 0 Å². The molecule has 0 aliphatic rings. The van der Waals surface area contributed by atoms with E-state index in [-0.39, 0.29) is 17.8 Å². The Morgan fingerprint density at radius 2 is 1.68 bits per heavy atom. The molecule has 6 nitrogen and oxygen atoms in total. The van der Waals surface area contributed by atoms with Crippen molar-refractivity contribution in [3.8, 4) is 0 Å². The number of thioether (sulfide) groups is 1. The molecule has 1 N–H and O–H groups in total. The minimum atomic E-state index is -0.477. The summed E-state index contributed by atoms with van der Waals surface area (Å²) in [6, 6.07) is 24.3. The second-order valence-electron chi connectivity index (χ2n) is 6.81. The van der Waals surface area contributed by atoms with Gasteiger partial charge in [0.25, 0.3) is 11.5 Å². The van der Waals surface area contributed by atoms with E-state index >= 15 is 0 Å². The predicted octanol–water partition coefficient (Wildman–Crippen LogP) is 3.93. The number of hydrazone groups is 1. The van der Waals surface area contributed by atoms with E-state index in [0.717, 1.165) is 16.0 Å². The Labute approximate surface area is 183 Å². The fourth-order valence-electron chi connectivity index (χ4n) is 3.17. The molecule has 0 fully saturated rings. The first-order valence-corrected chi connectivity index (χ1v) is 10.9. The SMILES string of the molecule is CSc1ccc(C=NNC(=O)c2nn(Cc3ccccc3)c(=O)c3ccccc23)cc1. The fourth-order valence-corrected chi connectivity index (χ4v) is 3.58. The van der Waals surface area contributed by atoms with Gasteiger partial charge in [-0.15, -0.1) is 11.8 Å². The van der Waals surface area contributed by atoms with Crippen LogP contribution in [0.15, 0.2) is 93.7 Å². The monoisotopic (exact) mass is 428 g/mol. The van der Waals surface area contributed by atoms with Crippen molar-refractivity contribution in [3.63, 3.8) is 0 Å². The van der Waals surface area contributed by atoms with Gasteiger partial charge in [-0.2, -0.15) is 10.2 Å². The molecule has 4 aromatic rings. The molecule has 0 unspecified atom stereocenters. The van der Waals surface area contributed by atoms with Gasteiger partial charge >= 0.3 is 0 Å². The van der Waals surface area contributed by atoms with Crippen LogP contribution in [0.1, 0.15) is 21.6 Å². The number of nitrogens with zero attached hydrogens (tertiary/aromatic N) is 3. The van der Waals surface area contributed by atoms with E-state index in [9.17, 15) is 9.59 Å². The fraction of sp³-hybridized carbons (Fsp3) is 0.0833. The normalized spacial score (nSPS) is 11.1. The second-order valence-corrected chi connectivity index (χ2v) is 7.69. The molecule has 0 spiro atoms. The van der Waals surface area contributed by atoms with Crippen LogP contribution in [0.5, 0.6) is 0 Å². The lowest BCUT2D eigenvalue weighted by Gasteiger charge is -2.10. The van der Waals surface area contributed by atoms with Gasteiger partial charge in [-0.05, 0) is 35.6 Å². The van der Waals surface area contributed by atoms with Gasteiger partial charge in [-0.3, -0.25) is 9.59 Å². The van der Waals surface area contributed by atoms with E-state index in [1.165, 1.54) is 4.68 Å². The van der Waals surface area contributed by atoms with E-state index in [0.29, 0.717) is 10.8 Å². The van der Waals surface area contributed by atoms with Crippen LogP contribution in [-0.4, -0.2) is 28.2 Å². The van der Waals surface area contributed by atoms with Crippen LogP contribution in [-0.2, 0) is 6.54 Å². The molecule has 1 aromatic heterocycles. The highest BCUT2D eigenvalue weighted by Gasteiger charge is 2.16. The molecule has 0 saturated carbocycles. The number of carbonyl (C=O) groups excluding carboxylic acids is 1. The van der Waals surface area contributed by atoms with E-state index < -0.39 is 5.91 Å². The maximum atomic E-state index is 12.9. The average Bonchev–Trinajstić information content (AvgIpc) is 2.82. The molecule has 7 heteroatoms. The Morgan fingerprint density at radius 3 is 2.39 bits per heavy atom. The number of rotatable bonds is 6. The first-order valence-electron chi connectivity index (χ1n) is 9.67. The summed E-state index contributed by atoms with van der Waals surface area (Å²) >= 11 is 1.66. The number of aromatic nitrogens is 2. The summed E-state index contributed by atoms with van der Waals surface area (Å²) in [6.07, 6.45) is 3.59. The van der Waals surface area contributed by atoms with Gasteiger partial charge in [0, 0.05) is 10.3 Å². The van der Waals surface area contributed by atoms with E-state index in [4.69, 9.17) is 0 Å². The number of carbonyl (C=O) groups is 1. The quantitative estimate of drug-likeness (QED) is 0.287. The molecule has 0 bridgehead atoms. The topological polar surface area (TPSA) is 76.3 Å². The number of hydrogen-bond acceptors (Lipinski definition) is 5. The first-order chi connectivity index (χ1) is 15.2. The zero-order chi connectivity index (χ0) is 21.6. The summed E-state index contributed by atoms with van der Waals surface area (Å²) in [6.45, 7) is 0.274. The summed E-state index contributed by atoms with van der Waals surface area (Å²) in [5.74, 6) is -0.477. The van der Waals surface area contributed by atoms with E-state index in [1.54, 1.807) is 42.2 Å². The van der Waals surface area contributed by atoms with Crippen molar-refractivity contribution >= 4 is 34.7 Å². The molecule has 1 heterocycles. The third kappa shape index (κ3) is 4.73. The molecule has 0 saturated heterocycles. The van der Waals surface area contributed by atoms with Crippen molar-refractivity contribution in [2.45, 2.75) is 11.4 Å². The molecule has 154 valence electrons. The summed E-state index contributed by atoms with van der Waals surface area (Å²) in [5, 5.41) is 9.35. The lowest BCUT2D eigenvalue weighted by molar-refractivity contribution is 0.0949. The Hall–Kier alpha value is -3.71. The molecular weight excluding hydrogens is 408 g/mol. The minimum Gasteiger partial charge on any atom is -0.267 e. The molecular formula is C24H20N4O2S. The smallest absolute Gasteiger partial charge is 0.267 e. The Balaban J connectivity index is 1.63. The van der Waals surface area contributed by atoms with E-state index in [1.807, 2.05) is 60.9 Å². The average molecular weight is 429 g/mol. The third-order valence-electron chi connectivity index (χ3n) is 4.75. The van der Waals surface area contributed by atoms with Crippen LogP contribution < -0.4 is 11.0 Å². The van der Waals surface area contributed by atoms with Crippen molar-refractivity contribution < 1.29 is 4.79 Å². The Kier molecular flexibility index (Phi) is 6.24. The van der Waals surface area contributed by atoms with Crippen LogP contribution in [0, 0.1) is 0 Å². The van der Waals surface area contributed by atoms with Gasteiger partial charge in [-0.1, -0.05) is 60.7 Å². The highest BCUT2D eigenvalue weighted by Crippen LogP contribution is 2.15. The van der Waals surface area contributed by atoms with Gasteiger partial charge < -0.3 is 0 Å². The number of amides is 1. The summed E-state index contributed by atoms with van der Waals surface area (Å²) in [4.78, 5) is 26.9. The van der Waals surface area contributed by atoms with Crippen molar-refractivity contribution in [2.75, 3.05) is 6.26 Å². The zero-order valence-corrected chi connectivity index (χ0v) is 17.7. The van der Waals surface area contributed by atoms with Gasteiger partial charge in [0.2, 0.25) is 0 Å². The molecule has 0 radical (unpaired) electrons. The highest BCUT2D eigenvalue weighted by atomic mass is 32.2. The molecule has 0 atom stereocenters. The zero-order valence-electron chi connectivity index (χ0n) is 16.9. The standard InChI is InChI=1S/C24H20N4O2S/c1-31-19-13-11-17(12-14-19)15-25-26-23(29)22-20-9-5-6-10-21(20)24(30)28(27-22)16-18-7-3-2-4-8-18/h2-15H,16H2,1H3,(H,26,29). The van der Waals surface area contributed by atoms with Crippen molar-refractivity contribution in [2.24, 2.45) is 5.10 Å². The first kappa shape index (κ1) is 20.6. The van der Waals surface area contributed by atoms with Crippen molar-refractivity contribution in [1.29, 1.82) is 0 Å². The number of benzene rings is 3. The van der Waals surface area contributed by atoms with Crippen LogP contribution in [0.25, 0.3) is 10.8 Å². The van der Waals surface area contributed by atoms with Crippen LogP contribution >= 0.6 is 11.8 Å².